The normalized spacial score (nSPS) is 17.2. The van der Waals surface area contributed by atoms with E-state index in [1.807, 2.05) is 0 Å². The Morgan fingerprint density at radius 1 is 1.06 bits per heavy atom. The molecule has 0 saturated heterocycles. The fraction of sp³-hybridized carbons (Fsp3) is 0.458. The highest BCUT2D eigenvalue weighted by Crippen LogP contribution is 2.35. The van der Waals surface area contributed by atoms with Gasteiger partial charge in [-0.05, 0) is 53.2 Å². The first kappa shape index (κ1) is 24.9. The van der Waals surface area contributed by atoms with E-state index in [0.717, 1.165) is 4.90 Å². The molecule has 2 amide bonds. The third-order valence-corrected chi connectivity index (χ3v) is 5.05. The smallest absolute Gasteiger partial charge is 0.419 e. The molecule has 0 unspecified atom stereocenters. The van der Waals surface area contributed by atoms with Crippen molar-refractivity contribution >= 4 is 29.0 Å². The van der Waals surface area contributed by atoms with Crippen molar-refractivity contribution < 1.29 is 28.8 Å². The lowest BCUT2D eigenvalue weighted by molar-refractivity contribution is -0.484. The number of ether oxygens (including phenoxy) is 2. The Morgan fingerprint density at radius 2 is 1.65 bits per heavy atom. The summed E-state index contributed by atoms with van der Waals surface area (Å²) in [4.78, 5) is 50.3. The van der Waals surface area contributed by atoms with Crippen LogP contribution >= 0.6 is 0 Å². The molecule has 10 nitrogen and oxygen atoms in total. The summed E-state index contributed by atoms with van der Waals surface area (Å²) in [6, 6.07) is 5.95. The highest BCUT2D eigenvalue weighted by molar-refractivity contribution is 6.02. The molecule has 2 aromatic rings. The van der Waals surface area contributed by atoms with Crippen LogP contribution in [0.4, 0.5) is 9.59 Å². The minimum absolute atomic E-state index is 0.441. The van der Waals surface area contributed by atoms with Crippen LogP contribution in [-0.4, -0.2) is 56.3 Å². The summed E-state index contributed by atoms with van der Waals surface area (Å²) in [5.41, 5.74) is -0.680. The molecule has 0 N–H and O–H groups in total. The number of aromatic nitrogens is 1. The van der Waals surface area contributed by atoms with E-state index in [1.165, 1.54) is 22.9 Å². The molecule has 182 valence electrons. The van der Waals surface area contributed by atoms with Crippen molar-refractivity contribution in [2.45, 2.75) is 64.7 Å². The van der Waals surface area contributed by atoms with E-state index >= 15 is 0 Å². The van der Waals surface area contributed by atoms with Gasteiger partial charge in [0.05, 0.1) is 17.5 Å². The fourth-order valence-electron chi connectivity index (χ4n) is 3.85. The maximum atomic E-state index is 12.9. The van der Waals surface area contributed by atoms with Crippen LogP contribution in [0.25, 0.3) is 10.9 Å². The molecule has 0 spiro atoms. The molecule has 1 aromatic heterocycles. The molecule has 0 bridgehead atoms. The number of para-hydroxylation sites is 1. The van der Waals surface area contributed by atoms with Gasteiger partial charge in [-0.2, -0.15) is 0 Å². The molecule has 1 aliphatic rings. The molecule has 0 saturated carbocycles. The van der Waals surface area contributed by atoms with Crippen molar-refractivity contribution in [1.29, 1.82) is 0 Å². The van der Waals surface area contributed by atoms with Crippen LogP contribution in [0.2, 0.25) is 0 Å². The zero-order valence-corrected chi connectivity index (χ0v) is 20.1. The lowest BCUT2D eigenvalue weighted by atomic mass is 9.91. The second kappa shape index (κ2) is 8.92. The summed E-state index contributed by atoms with van der Waals surface area (Å²) in [7, 11) is 0. The summed E-state index contributed by atoms with van der Waals surface area (Å²) in [5, 5.41) is 12.2. The van der Waals surface area contributed by atoms with Gasteiger partial charge in [0.25, 0.3) is 5.91 Å². The number of rotatable bonds is 4. The van der Waals surface area contributed by atoms with Crippen molar-refractivity contribution in [2.75, 3.05) is 6.54 Å². The number of amides is 2. The minimum Gasteiger partial charge on any atom is -0.443 e. The molecule has 2 atom stereocenters. The van der Waals surface area contributed by atoms with Gasteiger partial charge in [-0.25, -0.2) is 14.5 Å². The van der Waals surface area contributed by atoms with Gasteiger partial charge in [0.1, 0.15) is 11.2 Å². The van der Waals surface area contributed by atoms with E-state index in [-0.39, 0.29) is 0 Å². The number of fused-ring (bicyclic) bond motifs is 1. The molecule has 1 aliphatic heterocycles. The van der Waals surface area contributed by atoms with Crippen molar-refractivity contribution in [3.63, 3.8) is 0 Å². The number of benzene rings is 1. The van der Waals surface area contributed by atoms with E-state index in [2.05, 4.69) is 0 Å². The van der Waals surface area contributed by atoms with Gasteiger partial charge >= 0.3 is 12.2 Å². The quantitative estimate of drug-likeness (QED) is 0.476. The molecule has 0 fully saturated rings. The Hall–Kier alpha value is -3.69. The van der Waals surface area contributed by atoms with Crippen molar-refractivity contribution in [1.82, 2.24) is 9.47 Å². The number of nitrogens with zero attached hydrogens (tertiary/aromatic N) is 3. The van der Waals surface area contributed by atoms with Gasteiger partial charge in [0, 0.05) is 22.6 Å². The molecular formula is C24H29N3O7. The average molecular weight is 472 g/mol. The van der Waals surface area contributed by atoms with Gasteiger partial charge in [0.15, 0.2) is 0 Å². The summed E-state index contributed by atoms with van der Waals surface area (Å²) in [5.74, 6) is -1.55. The lowest BCUT2D eigenvalue weighted by Crippen LogP contribution is -2.46. The molecule has 34 heavy (non-hydrogen) atoms. The van der Waals surface area contributed by atoms with Crippen LogP contribution in [-0.2, 0) is 14.3 Å². The first-order chi connectivity index (χ1) is 15.7. The fourth-order valence-corrected chi connectivity index (χ4v) is 3.85. The molecule has 1 aromatic carbocycles. The SMILES string of the molecule is CC(C)(C)OC(=O)N1C(=O)C=C[C@@H]1[C@@H](C[N+](=O)[O-])c1cn(C(=O)OC(C)(C)C)c2ccccc12. The maximum Gasteiger partial charge on any atom is 0.419 e. The monoisotopic (exact) mass is 471 g/mol. The number of imide groups is 1. The van der Waals surface area contributed by atoms with Crippen LogP contribution in [0.1, 0.15) is 53.0 Å². The summed E-state index contributed by atoms with van der Waals surface area (Å²) in [6.45, 7) is 9.62. The first-order valence-corrected chi connectivity index (χ1v) is 10.9. The molecule has 0 aliphatic carbocycles. The van der Waals surface area contributed by atoms with Crippen LogP contribution in [0.5, 0.6) is 0 Å². The Balaban J connectivity index is 2.11. The lowest BCUT2D eigenvalue weighted by Gasteiger charge is -2.30. The molecule has 2 heterocycles. The van der Waals surface area contributed by atoms with Gasteiger partial charge < -0.3 is 9.47 Å². The Morgan fingerprint density at radius 3 is 2.24 bits per heavy atom. The Labute approximate surface area is 197 Å². The standard InChI is InChI=1S/C24H29N3O7/c1-23(2,3)33-21(29)25-13-16(15-9-7-8-10-18(15)25)17(14-26(31)32)19-11-12-20(28)27(19)22(30)34-24(4,5)6/h7-13,17,19H,14H2,1-6H3/t17-,19+/m0/s1. The van der Waals surface area contributed by atoms with Crippen molar-refractivity contribution in [3.8, 4) is 0 Å². The van der Waals surface area contributed by atoms with E-state index in [4.69, 9.17) is 9.47 Å². The second-order valence-electron chi connectivity index (χ2n) is 10.1. The average Bonchev–Trinajstić information content (AvgIpc) is 3.24. The summed E-state index contributed by atoms with van der Waals surface area (Å²) in [6.07, 6.45) is 2.61. The first-order valence-electron chi connectivity index (χ1n) is 10.9. The molecular weight excluding hydrogens is 442 g/mol. The molecule has 10 heteroatoms. The highest BCUT2D eigenvalue weighted by Gasteiger charge is 2.43. The summed E-state index contributed by atoms with van der Waals surface area (Å²) >= 11 is 0. The topological polar surface area (TPSA) is 121 Å². The Kier molecular flexibility index (Phi) is 6.55. The zero-order chi connectivity index (χ0) is 25.4. The van der Waals surface area contributed by atoms with Crippen molar-refractivity contribution in [2.24, 2.45) is 0 Å². The van der Waals surface area contributed by atoms with Crippen LogP contribution in [0.15, 0.2) is 42.6 Å². The van der Waals surface area contributed by atoms with Crippen molar-refractivity contribution in [3.05, 3.63) is 58.3 Å². The number of hydrogen-bond donors (Lipinski definition) is 0. The Bertz CT molecular complexity index is 1170. The van der Waals surface area contributed by atoms with Crippen LogP contribution in [0, 0.1) is 10.1 Å². The minimum atomic E-state index is -0.967. The predicted octanol–water partition coefficient (Wildman–Crippen LogP) is 4.49. The van der Waals surface area contributed by atoms with Crippen LogP contribution < -0.4 is 0 Å². The zero-order valence-electron chi connectivity index (χ0n) is 20.1. The van der Waals surface area contributed by atoms with Gasteiger partial charge in [-0.3, -0.25) is 19.5 Å². The second-order valence-corrected chi connectivity index (χ2v) is 10.1. The molecule has 0 radical (unpaired) electrons. The van der Waals surface area contributed by atoms with Gasteiger partial charge in [-0.15, -0.1) is 0 Å². The van der Waals surface area contributed by atoms with Crippen LogP contribution in [0.3, 0.4) is 0 Å². The third-order valence-electron chi connectivity index (χ3n) is 5.05. The van der Waals surface area contributed by atoms with E-state index in [9.17, 15) is 24.5 Å². The van der Waals surface area contributed by atoms with Gasteiger partial charge in [0.2, 0.25) is 6.54 Å². The van der Waals surface area contributed by atoms with E-state index in [1.54, 1.807) is 65.8 Å². The highest BCUT2D eigenvalue weighted by atomic mass is 16.6. The summed E-state index contributed by atoms with van der Waals surface area (Å²) < 4.78 is 12.2. The molecule has 3 rings (SSSR count). The number of carbonyl (C=O) groups is 3. The number of hydrogen-bond acceptors (Lipinski definition) is 7. The van der Waals surface area contributed by atoms with E-state index in [0.29, 0.717) is 16.5 Å². The van der Waals surface area contributed by atoms with E-state index < -0.39 is 52.7 Å². The third kappa shape index (κ3) is 5.44. The number of carbonyl (C=O) groups excluding carboxylic acids is 3. The maximum absolute atomic E-state index is 12.9. The number of nitro groups is 1. The van der Waals surface area contributed by atoms with Gasteiger partial charge in [-0.1, -0.05) is 24.3 Å². The predicted molar refractivity (Wildman–Crippen MR) is 124 cm³/mol. The largest absolute Gasteiger partial charge is 0.443 e.